The van der Waals surface area contributed by atoms with Crippen molar-refractivity contribution in [1.82, 2.24) is 0 Å². The van der Waals surface area contributed by atoms with E-state index in [1.54, 1.807) is 12.1 Å². The second-order valence-corrected chi connectivity index (χ2v) is 5.93. The van der Waals surface area contributed by atoms with Gasteiger partial charge in [-0.1, -0.05) is 32.4 Å². The molecule has 0 radical (unpaired) electrons. The zero-order chi connectivity index (χ0) is 13.1. The molecular formula is C16H23FO. The maximum absolute atomic E-state index is 12.8. The molecule has 1 aliphatic carbocycles. The molecule has 2 heteroatoms. The second-order valence-electron chi connectivity index (χ2n) is 5.93. The zero-order valence-electron chi connectivity index (χ0n) is 11.3. The summed E-state index contributed by atoms with van der Waals surface area (Å²) in [5, 5.41) is 10.3. The van der Waals surface area contributed by atoms with Gasteiger partial charge in [-0.25, -0.2) is 4.39 Å². The van der Waals surface area contributed by atoms with Gasteiger partial charge in [-0.15, -0.1) is 0 Å². The van der Waals surface area contributed by atoms with Gasteiger partial charge in [-0.05, 0) is 54.7 Å². The van der Waals surface area contributed by atoms with E-state index in [1.807, 2.05) is 0 Å². The molecule has 2 rings (SSSR count). The SMILES string of the molecule is CC1CCC(C(O)Cc2ccc(F)cc2)CC1C. The summed E-state index contributed by atoms with van der Waals surface area (Å²) < 4.78 is 12.8. The van der Waals surface area contributed by atoms with Gasteiger partial charge >= 0.3 is 0 Å². The summed E-state index contributed by atoms with van der Waals surface area (Å²) in [6.07, 6.45) is 3.81. The molecular weight excluding hydrogens is 227 g/mol. The van der Waals surface area contributed by atoms with E-state index < -0.39 is 0 Å². The summed E-state index contributed by atoms with van der Waals surface area (Å²) in [5.41, 5.74) is 1.02. The number of hydrogen-bond donors (Lipinski definition) is 1. The lowest BCUT2D eigenvalue weighted by atomic mass is 9.73. The third kappa shape index (κ3) is 3.32. The van der Waals surface area contributed by atoms with Crippen LogP contribution in [0.25, 0.3) is 0 Å². The van der Waals surface area contributed by atoms with Crippen molar-refractivity contribution in [2.24, 2.45) is 17.8 Å². The van der Waals surface area contributed by atoms with Gasteiger partial charge in [0.15, 0.2) is 0 Å². The fraction of sp³-hybridized carbons (Fsp3) is 0.625. The summed E-state index contributed by atoms with van der Waals surface area (Å²) in [6, 6.07) is 6.47. The van der Waals surface area contributed by atoms with Crippen molar-refractivity contribution in [3.63, 3.8) is 0 Å². The molecule has 1 nitrogen and oxygen atoms in total. The van der Waals surface area contributed by atoms with E-state index in [9.17, 15) is 9.50 Å². The van der Waals surface area contributed by atoms with Gasteiger partial charge in [0.2, 0.25) is 0 Å². The Bertz CT molecular complexity index is 373. The van der Waals surface area contributed by atoms with Gasteiger partial charge in [0.1, 0.15) is 5.82 Å². The number of benzene rings is 1. The van der Waals surface area contributed by atoms with Crippen molar-refractivity contribution in [2.45, 2.75) is 45.6 Å². The Labute approximate surface area is 109 Å². The molecule has 0 amide bonds. The van der Waals surface area contributed by atoms with Crippen LogP contribution < -0.4 is 0 Å². The summed E-state index contributed by atoms with van der Waals surface area (Å²) in [5.74, 6) is 1.67. The predicted octanol–water partition coefficient (Wildman–Crippen LogP) is 3.80. The highest BCUT2D eigenvalue weighted by Crippen LogP contribution is 2.35. The number of rotatable bonds is 3. The van der Waals surface area contributed by atoms with Crippen LogP contribution in [-0.2, 0) is 6.42 Å². The van der Waals surface area contributed by atoms with E-state index in [0.29, 0.717) is 18.3 Å². The lowest BCUT2D eigenvalue weighted by molar-refractivity contribution is 0.0570. The molecule has 0 saturated heterocycles. The molecule has 0 spiro atoms. The van der Waals surface area contributed by atoms with Gasteiger partial charge in [0, 0.05) is 0 Å². The van der Waals surface area contributed by atoms with Crippen molar-refractivity contribution >= 4 is 0 Å². The lowest BCUT2D eigenvalue weighted by Crippen LogP contribution is -2.30. The summed E-state index contributed by atoms with van der Waals surface area (Å²) in [4.78, 5) is 0. The van der Waals surface area contributed by atoms with Crippen LogP contribution in [0, 0.1) is 23.6 Å². The Morgan fingerprint density at radius 3 is 2.44 bits per heavy atom. The topological polar surface area (TPSA) is 20.2 Å². The molecule has 1 aromatic carbocycles. The molecule has 4 atom stereocenters. The maximum atomic E-state index is 12.8. The highest BCUT2D eigenvalue weighted by Gasteiger charge is 2.29. The molecule has 0 heterocycles. The van der Waals surface area contributed by atoms with E-state index >= 15 is 0 Å². The van der Waals surface area contributed by atoms with Crippen LogP contribution in [0.3, 0.4) is 0 Å². The largest absolute Gasteiger partial charge is 0.392 e. The first kappa shape index (κ1) is 13.5. The molecule has 1 fully saturated rings. The van der Waals surface area contributed by atoms with Gasteiger partial charge in [-0.2, -0.15) is 0 Å². The fourth-order valence-corrected chi connectivity index (χ4v) is 2.97. The zero-order valence-corrected chi connectivity index (χ0v) is 11.3. The van der Waals surface area contributed by atoms with Crippen LogP contribution in [0.15, 0.2) is 24.3 Å². The van der Waals surface area contributed by atoms with Crippen LogP contribution in [0.5, 0.6) is 0 Å². The molecule has 0 bridgehead atoms. The average Bonchev–Trinajstić information content (AvgIpc) is 2.35. The van der Waals surface area contributed by atoms with Crippen LogP contribution >= 0.6 is 0 Å². The van der Waals surface area contributed by atoms with Crippen LogP contribution in [0.1, 0.15) is 38.7 Å². The molecule has 1 aromatic rings. The third-order valence-electron chi connectivity index (χ3n) is 4.54. The molecule has 0 aliphatic heterocycles. The molecule has 0 aromatic heterocycles. The fourth-order valence-electron chi connectivity index (χ4n) is 2.97. The Hall–Kier alpha value is -0.890. The van der Waals surface area contributed by atoms with Crippen molar-refractivity contribution in [3.8, 4) is 0 Å². The van der Waals surface area contributed by atoms with Gasteiger partial charge in [0.25, 0.3) is 0 Å². The van der Waals surface area contributed by atoms with Crippen molar-refractivity contribution in [2.75, 3.05) is 0 Å². The molecule has 18 heavy (non-hydrogen) atoms. The predicted molar refractivity (Wildman–Crippen MR) is 71.8 cm³/mol. The summed E-state index contributed by atoms with van der Waals surface area (Å²) in [6.45, 7) is 4.58. The van der Waals surface area contributed by atoms with Gasteiger partial charge in [-0.3, -0.25) is 0 Å². The van der Waals surface area contributed by atoms with Crippen molar-refractivity contribution in [3.05, 3.63) is 35.6 Å². The van der Waals surface area contributed by atoms with Crippen LogP contribution in [0.2, 0.25) is 0 Å². The highest BCUT2D eigenvalue weighted by molar-refractivity contribution is 5.17. The standard InChI is InChI=1S/C16H23FO/c1-11-3-6-14(9-12(11)2)16(18)10-13-4-7-15(17)8-5-13/h4-5,7-8,11-12,14,16,18H,3,6,9-10H2,1-2H3. The minimum absolute atomic E-state index is 0.214. The van der Waals surface area contributed by atoms with E-state index in [4.69, 9.17) is 0 Å². The molecule has 100 valence electrons. The number of aliphatic hydroxyl groups excluding tert-OH is 1. The van der Waals surface area contributed by atoms with E-state index in [-0.39, 0.29) is 11.9 Å². The Kier molecular flexibility index (Phi) is 4.39. The number of halogens is 1. The first-order valence-corrected chi connectivity index (χ1v) is 6.98. The van der Waals surface area contributed by atoms with Crippen molar-refractivity contribution in [1.29, 1.82) is 0 Å². The smallest absolute Gasteiger partial charge is 0.123 e. The first-order valence-electron chi connectivity index (χ1n) is 6.98. The van der Waals surface area contributed by atoms with E-state index in [1.165, 1.54) is 18.6 Å². The minimum atomic E-state index is -0.287. The quantitative estimate of drug-likeness (QED) is 0.865. The Balaban J connectivity index is 1.91. The van der Waals surface area contributed by atoms with E-state index in [2.05, 4.69) is 13.8 Å². The second kappa shape index (κ2) is 5.83. The van der Waals surface area contributed by atoms with E-state index in [0.717, 1.165) is 24.3 Å². The molecule has 1 saturated carbocycles. The van der Waals surface area contributed by atoms with Crippen molar-refractivity contribution < 1.29 is 9.50 Å². The third-order valence-corrected chi connectivity index (χ3v) is 4.54. The number of aliphatic hydroxyl groups is 1. The highest BCUT2D eigenvalue weighted by atomic mass is 19.1. The monoisotopic (exact) mass is 250 g/mol. The Morgan fingerprint density at radius 2 is 1.83 bits per heavy atom. The van der Waals surface area contributed by atoms with Crippen LogP contribution in [-0.4, -0.2) is 11.2 Å². The molecule has 1 N–H and O–H groups in total. The number of hydrogen-bond acceptors (Lipinski definition) is 1. The normalized spacial score (nSPS) is 30.1. The lowest BCUT2D eigenvalue weighted by Gasteiger charge is -2.34. The Morgan fingerprint density at radius 1 is 1.17 bits per heavy atom. The molecule has 1 aliphatic rings. The average molecular weight is 250 g/mol. The maximum Gasteiger partial charge on any atom is 0.123 e. The summed E-state index contributed by atoms with van der Waals surface area (Å²) >= 11 is 0. The van der Waals surface area contributed by atoms with Crippen LogP contribution in [0.4, 0.5) is 4.39 Å². The minimum Gasteiger partial charge on any atom is -0.392 e. The summed E-state index contributed by atoms with van der Waals surface area (Å²) in [7, 11) is 0. The van der Waals surface area contributed by atoms with Gasteiger partial charge in [0.05, 0.1) is 6.10 Å². The first-order chi connectivity index (χ1) is 8.56. The van der Waals surface area contributed by atoms with Gasteiger partial charge < -0.3 is 5.11 Å². The molecule has 4 unspecified atom stereocenters.